The molecule has 138 valence electrons. The van der Waals surface area contributed by atoms with Gasteiger partial charge in [-0.1, -0.05) is 26.0 Å². The monoisotopic (exact) mass is 358 g/mol. The van der Waals surface area contributed by atoms with E-state index in [0.717, 1.165) is 6.42 Å². The Morgan fingerprint density at radius 3 is 2.50 bits per heavy atom. The number of amides is 1. The number of carbonyl (C=O) groups excluding carboxylic acids is 1. The highest BCUT2D eigenvalue weighted by atomic mass is 16.6. The van der Waals surface area contributed by atoms with Crippen molar-refractivity contribution in [1.82, 2.24) is 0 Å². The van der Waals surface area contributed by atoms with Crippen LogP contribution in [0.25, 0.3) is 0 Å². The van der Waals surface area contributed by atoms with Gasteiger partial charge in [-0.15, -0.1) is 0 Å². The Hall–Kier alpha value is -3.09. The fourth-order valence-corrected chi connectivity index (χ4v) is 2.38. The Morgan fingerprint density at radius 1 is 1.23 bits per heavy atom. The van der Waals surface area contributed by atoms with E-state index in [1.54, 1.807) is 0 Å². The second-order valence-electron chi connectivity index (χ2n) is 5.86. The van der Waals surface area contributed by atoms with Crippen LogP contribution in [-0.4, -0.2) is 24.5 Å². The van der Waals surface area contributed by atoms with E-state index >= 15 is 0 Å². The van der Waals surface area contributed by atoms with E-state index < -0.39 is 10.8 Å². The second kappa shape index (κ2) is 8.84. The van der Waals surface area contributed by atoms with E-state index in [1.807, 2.05) is 24.3 Å². The highest BCUT2D eigenvalue weighted by molar-refractivity contribution is 5.92. The number of carbonyl (C=O) groups is 1. The van der Waals surface area contributed by atoms with Gasteiger partial charge < -0.3 is 14.8 Å². The zero-order chi connectivity index (χ0) is 19.1. The maximum absolute atomic E-state index is 12.0. The number of methoxy groups -OCH3 is 1. The number of anilines is 1. The summed E-state index contributed by atoms with van der Waals surface area (Å²) in [4.78, 5) is 22.5. The number of nitro groups is 1. The van der Waals surface area contributed by atoms with E-state index in [0.29, 0.717) is 17.4 Å². The molecule has 0 fully saturated rings. The quantitative estimate of drug-likeness (QED) is 0.566. The predicted molar refractivity (Wildman–Crippen MR) is 98.9 cm³/mol. The van der Waals surface area contributed by atoms with Crippen molar-refractivity contribution in [2.75, 3.05) is 19.0 Å². The number of rotatable bonds is 8. The molecule has 0 heterocycles. The first-order valence-electron chi connectivity index (χ1n) is 8.29. The number of nitro benzene ring substituents is 1. The van der Waals surface area contributed by atoms with Crippen molar-refractivity contribution >= 4 is 17.3 Å². The van der Waals surface area contributed by atoms with Crippen LogP contribution in [-0.2, 0) is 4.79 Å². The molecule has 1 unspecified atom stereocenters. The molecule has 2 aromatic rings. The van der Waals surface area contributed by atoms with Crippen LogP contribution in [0.2, 0.25) is 0 Å². The van der Waals surface area contributed by atoms with E-state index in [4.69, 9.17) is 9.47 Å². The first kappa shape index (κ1) is 19.2. The van der Waals surface area contributed by atoms with Gasteiger partial charge in [-0.05, 0) is 42.2 Å². The van der Waals surface area contributed by atoms with E-state index in [-0.39, 0.29) is 18.0 Å². The SMILES string of the molecule is CCC(C)c1ccc(OCC(=O)Nc2ccc(OC)c([N+](=O)[O-])c2)cc1. The third kappa shape index (κ3) is 4.95. The minimum atomic E-state index is -0.566. The summed E-state index contributed by atoms with van der Waals surface area (Å²) in [7, 11) is 1.35. The molecule has 0 aliphatic rings. The lowest BCUT2D eigenvalue weighted by Crippen LogP contribution is -2.20. The summed E-state index contributed by atoms with van der Waals surface area (Å²) >= 11 is 0. The summed E-state index contributed by atoms with van der Waals surface area (Å²) in [5, 5.41) is 13.6. The zero-order valence-electron chi connectivity index (χ0n) is 15.0. The van der Waals surface area contributed by atoms with Crippen LogP contribution in [0.1, 0.15) is 31.7 Å². The lowest BCUT2D eigenvalue weighted by molar-refractivity contribution is -0.385. The van der Waals surface area contributed by atoms with Crippen LogP contribution in [0.3, 0.4) is 0 Å². The van der Waals surface area contributed by atoms with Crippen LogP contribution in [0, 0.1) is 10.1 Å². The average Bonchev–Trinajstić information content (AvgIpc) is 2.66. The summed E-state index contributed by atoms with van der Waals surface area (Å²) < 4.78 is 10.4. The highest BCUT2D eigenvalue weighted by Gasteiger charge is 2.16. The van der Waals surface area contributed by atoms with Gasteiger partial charge in [-0.2, -0.15) is 0 Å². The maximum Gasteiger partial charge on any atom is 0.312 e. The number of ether oxygens (including phenoxy) is 2. The average molecular weight is 358 g/mol. The molecule has 0 aliphatic carbocycles. The van der Waals surface area contributed by atoms with Crippen molar-refractivity contribution < 1.29 is 19.2 Å². The van der Waals surface area contributed by atoms with Crippen LogP contribution >= 0.6 is 0 Å². The molecule has 0 spiro atoms. The fraction of sp³-hybridized carbons (Fsp3) is 0.316. The molecule has 0 bridgehead atoms. The number of nitrogens with one attached hydrogen (secondary N) is 1. The Bertz CT molecular complexity index is 774. The van der Waals surface area contributed by atoms with Gasteiger partial charge in [0.2, 0.25) is 0 Å². The Labute approximate surface area is 152 Å². The first-order chi connectivity index (χ1) is 12.4. The topological polar surface area (TPSA) is 90.7 Å². The molecule has 2 rings (SSSR count). The van der Waals surface area contributed by atoms with Crippen LogP contribution in [0.15, 0.2) is 42.5 Å². The third-order valence-corrected chi connectivity index (χ3v) is 4.09. The number of hydrogen-bond acceptors (Lipinski definition) is 5. The van der Waals surface area contributed by atoms with Gasteiger partial charge in [0.15, 0.2) is 12.4 Å². The highest BCUT2D eigenvalue weighted by Crippen LogP contribution is 2.29. The molecule has 0 saturated heterocycles. The Balaban J connectivity index is 1.94. The third-order valence-electron chi connectivity index (χ3n) is 4.09. The molecular weight excluding hydrogens is 336 g/mol. The van der Waals surface area contributed by atoms with E-state index in [1.165, 1.54) is 30.9 Å². The molecule has 7 nitrogen and oxygen atoms in total. The van der Waals surface area contributed by atoms with Gasteiger partial charge in [-0.25, -0.2) is 0 Å². The van der Waals surface area contributed by atoms with Crippen molar-refractivity contribution in [2.45, 2.75) is 26.2 Å². The van der Waals surface area contributed by atoms with Gasteiger partial charge in [0.1, 0.15) is 5.75 Å². The molecule has 0 saturated carbocycles. The van der Waals surface area contributed by atoms with Gasteiger partial charge in [0.05, 0.1) is 12.0 Å². The number of nitrogens with zero attached hydrogens (tertiary/aromatic N) is 1. The standard InChI is InChI=1S/C19H22N2O5/c1-4-13(2)14-5-8-16(9-6-14)26-12-19(22)20-15-7-10-18(25-3)17(11-15)21(23)24/h5-11,13H,4,12H2,1-3H3,(H,20,22). The molecule has 26 heavy (non-hydrogen) atoms. The summed E-state index contributed by atoms with van der Waals surface area (Å²) in [6.45, 7) is 4.09. The van der Waals surface area contributed by atoms with Gasteiger partial charge in [0.25, 0.3) is 5.91 Å². The van der Waals surface area contributed by atoms with E-state index in [2.05, 4.69) is 19.2 Å². The fourth-order valence-electron chi connectivity index (χ4n) is 2.38. The maximum atomic E-state index is 12.0. The predicted octanol–water partition coefficient (Wildman–Crippen LogP) is 4.13. The summed E-state index contributed by atoms with van der Waals surface area (Å²) in [6.07, 6.45) is 1.05. The molecule has 1 N–H and O–H groups in total. The van der Waals surface area contributed by atoms with Crippen molar-refractivity contribution in [3.63, 3.8) is 0 Å². The summed E-state index contributed by atoms with van der Waals surface area (Å²) in [5.41, 5.74) is 1.31. The van der Waals surface area contributed by atoms with Crippen molar-refractivity contribution in [3.8, 4) is 11.5 Å². The number of hydrogen-bond donors (Lipinski definition) is 1. The van der Waals surface area contributed by atoms with Crippen LogP contribution in [0.5, 0.6) is 11.5 Å². The molecule has 2 aromatic carbocycles. The molecule has 7 heteroatoms. The molecule has 0 aromatic heterocycles. The smallest absolute Gasteiger partial charge is 0.312 e. The van der Waals surface area contributed by atoms with Crippen molar-refractivity contribution in [3.05, 3.63) is 58.1 Å². The molecule has 0 aliphatic heterocycles. The van der Waals surface area contributed by atoms with Gasteiger partial charge in [-0.3, -0.25) is 14.9 Å². The van der Waals surface area contributed by atoms with Gasteiger partial charge >= 0.3 is 5.69 Å². The summed E-state index contributed by atoms with van der Waals surface area (Å²) in [5.74, 6) is 0.784. The Kier molecular flexibility index (Phi) is 6.54. The lowest BCUT2D eigenvalue weighted by Gasteiger charge is -2.11. The van der Waals surface area contributed by atoms with Crippen molar-refractivity contribution in [1.29, 1.82) is 0 Å². The van der Waals surface area contributed by atoms with Crippen molar-refractivity contribution in [2.24, 2.45) is 0 Å². The van der Waals surface area contributed by atoms with Crippen LogP contribution < -0.4 is 14.8 Å². The largest absolute Gasteiger partial charge is 0.490 e. The van der Waals surface area contributed by atoms with E-state index in [9.17, 15) is 14.9 Å². The molecule has 1 amide bonds. The molecular formula is C19H22N2O5. The lowest BCUT2D eigenvalue weighted by atomic mass is 9.99. The zero-order valence-corrected chi connectivity index (χ0v) is 15.0. The molecule has 1 atom stereocenters. The minimum Gasteiger partial charge on any atom is -0.490 e. The van der Waals surface area contributed by atoms with Gasteiger partial charge in [0, 0.05) is 11.8 Å². The Morgan fingerprint density at radius 2 is 1.92 bits per heavy atom. The first-order valence-corrected chi connectivity index (χ1v) is 8.29. The normalized spacial score (nSPS) is 11.5. The van der Waals surface area contributed by atoms with Crippen LogP contribution in [0.4, 0.5) is 11.4 Å². The molecule has 0 radical (unpaired) electrons. The minimum absolute atomic E-state index is 0.130. The number of benzene rings is 2. The summed E-state index contributed by atoms with van der Waals surface area (Å²) in [6, 6.07) is 11.8. The second-order valence-corrected chi connectivity index (χ2v) is 5.86.